The van der Waals surface area contributed by atoms with Crippen molar-refractivity contribution in [1.29, 1.82) is 0 Å². The predicted octanol–water partition coefficient (Wildman–Crippen LogP) is 11.0. The summed E-state index contributed by atoms with van der Waals surface area (Å²) < 4.78 is 0. The molecule has 2 atom stereocenters. The van der Waals surface area contributed by atoms with Gasteiger partial charge in [0.2, 0.25) is 0 Å². The van der Waals surface area contributed by atoms with Crippen molar-refractivity contribution >= 4 is 24.8 Å². The number of hydrogen-bond acceptors (Lipinski definition) is 2. The minimum absolute atomic E-state index is 0. The number of likely N-dealkylation sites (tertiary alicyclic amines) is 2. The molecule has 0 aliphatic carbocycles. The Hall–Kier alpha value is 0.500. The molecule has 0 N–H and O–H groups in total. The summed E-state index contributed by atoms with van der Waals surface area (Å²) in [5, 5.41) is 0. The van der Waals surface area contributed by atoms with E-state index in [0.29, 0.717) is 0 Å². The molecule has 2 aliphatic heterocycles. The Bertz CT molecular complexity index is 433. The summed E-state index contributed by atoms with van der Waals surface area (Å²) in [7, 11) is 0. The Morgan fingerprint density at radius 3 is 1.32 bits per heavy atom. The summed E-state index contributed by atoms with van der Waals surface area (Å²) in [4.78, 5) is 5.44. The molecule has 2 rings (SSSR count). The third-order valence-corrected chi connectivity index (χ3v) is 8.64. The molecule has 37 heavy (non-hydrogen) atoms. The van der Waals surface area contributed by atoms with Crippen LogP contribution in [0.4, 0.5) is 0 Å². The fraction of sp³-hybridized carbons (Fsp3) is 1.00. The van der Waals surface area contributed by atoms with E-state index in [-0.39, 0.29) is 24.8 Å². The molecule has 4 heteroatoms. The maximum atomic E-state index is 2.73. The van der Waals surface area contributed by atoms with E-state index < -0.39 is 0 Å². The highest BCUT2D eigenvalue weighted by Crippen LogP contribution is 2.21. The summed E-state index contributed by atoms with van der Waals surface area (Å²) in [6.45, 7) is 17.5. The molecule has 0 amide bonds. The van der Waals surface area contributed by atoms with Crippen LogP contribution in [-0.2, 0) is 0 Å². The van der Waals surface area contributed by atoms with Crippen LogP contribution in [0.3, 0.4) is 0 Å². The first kappa shape index (κ1) is 39.6. The fourth-order valence-electron chi connectivity index (χ4n) is 6.27. The molecule has 0 radical (unpaired) electrons. The first-order valence-corrected chi connectivity index (χ1v) is 16.7. The number of piperidine rings is 2. The minimum atomic E-state index is 0. The molecule has 226 valence electrons. The average molecular weight is 566 g/mol. The Labute approximate surface area is 247 Å². The van der Waals surface area contributed by atoms with Crippen LogP contribution in [0, 0.1) is 11.8 Å². The normalized spacial score (nSPS) is 20.4. The van der Waals surface area contributed by atoms with Gasteiger partial charge in [0.05, 0.1) is 0 Å². The van der Waals surface area contributed by atoms with Crippen molar-refractivity contribution in [3.63, 3.8) is 0 Å². The highest BCUT2D eigenvalue weighted by molar-refractivity contribution is 5.85. The lowest BCUT2D eigenvalue weighted by atomic mass is 9.93. The van der Waals surface area contributed by atoms with Crippen molar-refractivity contribution in [2.45, 2.75) is 163 Å². The maximum Gasteiger partial charge on any atom is 0.000966 e. The van der Waals surface area contributed by atoms with E-state index >= 15 is 0 Å². The largest absolute Gasteiger partial charge is 0.303 e. The Morgan fingerprint density at radius 1 is 0.486 bits per heavy atom. The smallest absolute Gasteiger partial charge is 0.000966 e. The maximum absolute atomic E-state index is 2.73. The van der Waals surface area contributed by atoms with Crippen LogP contribution < -0.4 is 0 Å². The van der Waals surface area contributed by atoms with Gasteiger partial charge in [0.1, 0.15) is 0 Å². The summed E-state index contributed by atoms with van der Waals surface area (Å²) in [6.07, 6.45) is 30.2. The van der Waals surface area contributed by atoms with E-state index in [1.165, 1.54) is 174 Å². The van der Waals surface area contributed by atoms with Crippen molar-refractivity contribution in [2.75, 3.05) is 39.3 Å². The van der Waals surface area contributed by atoms with E-state index in [9.17, 15) is 0 Å². The molecular formula is C33H70Cl2N2. The molecule has 0 bridgehead atoms. The molecule has 2 aliphatic rings. The average Bonchev–Trinajstić information content (AvgIpc) is 2.88. The zero-order valence-corrected chi connectivity index (χ0v) is 27.6. The Kier molecular flexibility index (Phi) is 31.6. The SMILES string of the molecule is CCCCCCCCCN1CCCC(CC)C1.CCCCCCCCCN1CCCC(CCC)C1.Cl.Cl. The van der Waals surface area contributed by atoms with Gasteiger partial charge in [-0.3, -0.25) is 0 Å². The quantitative estimate of drug-likeness (QED) is 0.144. The zero-order chi connectivity index (χ0) is 25.4. The molecule has 2 heterocycles. The first-order valence-electron chi connectivity index (χ1n) is 16.7. The Morgan fingerprint density at radius 2 is 0.892 bits per heavy atom. The highest BCUT2D eigenvalue weighted by Gasteiger charge is 2.18. The van der Waals surface area contributed by atoms with Crippen LogP contribution in [0.15, 0.2) is 0 Å². The summed E-state index contributed by atoms with van der Waals surface area (Å²) >= 11 is 0. The molecule has 0 aromatic carbocycles. The number of hydrogen-bond donors (Lipinski definition) is 0. The van der Waals surface area contributed by atoms with Gasteiger partial charge >= 0.3 is 0 Å². The van der Waals surface area contributed by atoms with Gasteiger partial charge in [0.15, 0.2) is 0 Å². The minimum Gasteiger partial charge on any atom is -0.303 e. The molecule has 0 saturated carbocycles. The number of halogens is 2. The van der Waals surface area contributed by atoms with E-state index in [2.05, 4.69) is 37.5 Å². The third kappa shape index (κ3) is 23.0. The van der Waals surface area contributed by atoms with Gasteiger partial charge in [-0.1, -0.05) is 118 Å². The third-order valence-electron chi connectivity index (χ3n) is 8.64. The molecule has 2 nitrogen and oxygen atoms in total. The van der Waals surface area contributed by atoms with E-state index in [1.54, 1.807) is 0 Å². The standard InChI is InChI=1S/C17H35N.C16H33N.2ClH/c1-3-5-6-7-8-9-10-14-18-15-11-13-17(16-18)12-4-2;1-3-5-6-7-8-9-10-13-17-14-11-12-16(4-2)15-17;;/h17H,3-16H2,1-2H3;16H,3-15H2,1-2H3;2*1H. The van der Waals surface area contributed by atoms with Crippen molar-refractivity contribution < 1.29 is 0 Å². The van der Waals surface area contributed by atoms with Crippen LogP contribution in [0.5, 0.6) is 0 Å². The number of unbranched alkanes of at least 4 members (excludes halogenated alkanes) is 12. The van der Waals surface area contributed by atoms with E-state index in [4.69, 9.17) is 0 Å². The molecule has 0 aromatic rings. The van der Waals surface area contributed by atoms with Gasteiger partial charge in [-0.2, -0.15) is 0 Å². The van der Waals surface area contributed by atoms with Gasteiger partial charge < -0.3 is 9.80 Å². The summed E-state index contributed by atoms with van der Waals surface area (Å²) in [6, 6.07) is 0. The molecular weight excluding hydrogens is 495 g/mol. The van der Waals surface area contributed by atoms with Gasteiger partial charge in [-0.25, -0.2) is 0 Å². The van der Waals surface area contributed by atoms with Gasteiger partial charge in [-0.15, -0.1) is 24.8 Å². The predicted molar refractivity (Wildman–Crippen MR) is 174 cm³/mol. The van der Waals surface area contributed by atoms with Gasteiger partial charge in [0.25, 0.3) is 0 Å². The van der Waals surface area contributed by atoms with Crippen molar-refractivity contribution in [3.8, 4) is 0 Å². The van der Waals surface area contributed by atoms with Crippen molar-refractivity contribution in [3.05, 3.63) is 0 Å². The second-order valence-electron chi connectivity index (χ2n) is 12.1. The lowest BCUT2D eigenvalue weighted by Crippen LogP contribution is -2.35. The van der Waals surface area contributed by atoms with Crippen LogP contribution in [0.1, 0.15) is 163 Å². The lowest BCUT2D eigenvalue weighted by molar-refractivity contribution is 0.165. The molecule has 0 aromatic heterocycles. The number of nitrogens with zero attached hydrogens (tertiary/aromatic N) is 2. The van der Waals surface area contributed by atoms with Crippen molar-refractivity contribution in [2.24, 2.45) is 11.8 Å². The Balaban J connectivity index is 0. The van der Waals surface area contributed by atoms with Gasteiger partial charge in [0, 0.05) is 13.1 Å². The fourth-order valence-corrected chi connectivity index (χ4v) is 6.27. The molecule has 2 saturated heterocycles. The second kappa shape index (κ2) is 29.5. The monoisotopic (exact) mass is 564 g/mol. The zero-order valence-electron chi connectivity index (χ0n) is 26.0. The van der Waals surface area contributed by atoms with Crippen LogP contribution >= 0.6 is 24.8 Å². The van der Waals surface area contributed by atoms with Gasteiger partial charge in [-0.05, 0) is 83.0 Å². The molecule has 2 unspecified atom stereocenters. The van der Waals surface area contributed by atoms with Crippen LogP contribution in [0.25, 0.3) is 0 Å². The first-order chi connectivity index (χ1) is 17.2. The van der Waals surface area contributed by atoms with E-state index in [1.807, 2.05) is 0 Å². The van der Waals surface area contributed by atoms with E-state index in [0.717, 1.165) is 11.8 Å². The lowest BCUT2D eigenvalue weighted by Gasteiger charge is -2.32. The second-order valence-corrected chi connectivity index (χ2v) is 12.1. The summed E-state index contributed by atoms with van der Waals surface area (Å²) in [5.74, 6) is 2.00. The van der Waals surface area contributed by atoms with Crippen molar-refractivity contribution in [1.82, 2.24) is 9.80 Å². The van der Waals surface area contributed by atoms with Crippen LogP contribution in [-0.4, -0.2) is 49.1 Å². The summed E-state index contributed by atoms with van der Waals surface area (Å²) in [5.41, 5.74) is 0. The topological polar surface area (TPSA) is 6.48 Å². The molecule has 2 fully saturated rings. The molecule has 0 spiro atoms. The highest BCUT2D eigenvalue weighted by atomic mass is 35.5. The van der Waals surface area contributed by atoms with Crippen LogP contribution in [0.2, 0.25) is 0 Å². The number of rotatable bonds is 19.